The van der Waals surface area contributed by atoms with Crippen LogP contribution in [0.25, 0.3) is 0 Å². The van der Waals surface area contributed by atoms with Gasteiger partial charge in [0, 0.05) is 24.7 Å². The smallest absolute Gasteiger partial charge is 0.253 e. The van der Waals surface area contributed by atoms with Crippen LogP contribution >= 0.6 is 15.9 Å². The molecule has 6 heteroatoms. The lowest BCUT2D eigenvalue weighted by Crippen LogP contribution is -2.27. The predicted molar refractivity (Wildman–Crippen MR) is 102 cm³/mol. The van der Waals surface area contributed by atoms with Gasteiger partial charge in [0.15, 0.2) is 0 Å². The Morgan fingerprint density at radius 1 is 1.12 bits per heavy atom. The largest absolute Gasteiger partial charge is 0.385 e. The van der Waals surface area contributed by atoms with Crippen LogP contribution in [0, 0.1) is 0 Å². The van der Waals surface area contributed by atoms with Gasteiger partial charge in [0.05, 0.1) is 17.7 Å². The van der Waals surface area contributed by atoms with Gasteiger partial charge in [-0.2, -0.15) is 0 Å². The number of carbonyl (C=O) groups is 2. The van der Waals surface area contributed by atoms with E-state index >= 15 is 0 Å². The Balaban J connectivity index is 1.99. The third-order valence-corrected chi connectivity index (χ3v) is 4.00. The summed E-state index contributed by atoms with van der Waals surface area (Å²) >= 11 is 3.39. The van der Waals surface area contributed by atoms with Crippen molar-refractivity contribution >= 4 is 33.4 Å². The van der Waals surface area contributed by atoms with Crippen LogP contribution in [0.2, 0.25) is 0 Å². The summed E-state index contributed by atoms with van der Waals surface area (Å²) in [6.45, 7) is 1.11. The first-order valence-electron chi connectivity index (χ1n) is 8.00. The van der Waals surface area contributed by atoms with Gasteiger partial charge in [-0.05, 0) is 36.2 Å². The van der Waals surface area contributed by atoms with Crippen molar-refractivity contribution in [2.45, 2.75) is 12.8 Å². The Kier molecular flexibility index (Phi) is 7.63. The van der Waals surface area contributed by atoms with Gasteiger partial charge >= 0.3 is 0 Å². The molecule has 2 aromatic rings. The first kappa shape index (κ1) is 19.1. The van der Waals surface area contributed by atoms with E-state index in [2.05, 4.69) is 26.6 Å². The van der Waals surface area contributed by atoms with E-state index in [4.69, 9.17) is 4.74 Å². The van der Waals surface area contributed by atoms with Gasteiger partial charge in [-0.1, -0.05) is 40.2 Å². The number of halogens is 1. The molecule has 0 aromatic heterocycles. The van der Waals surface area contributed by atoms with Gasteiger partial charge in [0.25, 0.3) is 5.91 Å². The van der Waals surface area contributed by atoms with Crippen molar-refractivity contribution in [2.24, 2.45) is 0 Å². The fourth-order valence-electron chi connectivity index (χ4n) is 2.33. The minimum Gasteiger partial charge on any atom is -0.385 e. The van der Waals surface area contributed by atoms with E-state index in [1.807, 2.05) is 24.3 Å². The molecular formula is C19H21BrN2O3. The number of benzene rings is 2. The molecule has 0 bridgehead atoms. The number of hydrogen-bond donors (Lipinski definition) is 2. The van der Waals surface area contributed by atoms with Gasteiger partial charge in [-0.25, -0.2) is 0 Å². The van der Waals surface area contributed by atoms with Crippen LogP contribution in [0.15, 0.2) is 53.0 Å². The summed E-state index contributed by atoms with van der Waals surface area (Å²) in [5, 5.41) is 5.65. The predicted octanol–water partition coefficient (Wildman–Crippen LogP) is 3.40. The highest BCUT2D eigenvalue weighted by molar-refractivity contribution is 9.10. The van der Waals surface area contributed by atoms with E-state index in [9.17, 15) is 9.59 Å². The molecule has 0 fully saturated rings. The van der Waals surface area contributed by atoms with E-state index in [0.29, 0.717) is 24.4 Å². The number of amides is 2. The Bertz CT molecular complexity index is 734. The molecule has 0 spiro atoms. The second-order valence-corrected chi connectivity index (χ2v) is 6.42. The van der Waals surface area contributed by atoms with Crippen LogP contribution < -0.4 is 10.6 Å². The number of methoxy groups -OCH3 is 1. The van der Waals surface area contributed by atoms with E-state index in [1.54, 1.807) is 31.4 Å². The maximum atomic E-state index is 12.3. The average molecular weight is 405 g/mol. The number of carbonyl (C=O) groups excluding carboxylic acids is 2. The van der Waals surface area contributed by atoms with Crippen LogP contribution in [-0.2, 0) is 16.0 Å². The zero-order chi connectivity index (χ0) is 18.1. The first-order chi connectivity index (χ1) is 12.1. The second kappa shape index (κ2) is 9.96. The van der Waals surface area contributed by atoms with Gasteiger partial charge in [-0.15, -0.1) is 0 Å². The Morgan fingerprint density at radius 3 is 2.68 bits per heavy atom. The summed E-state index contributed by atoms with van der Waals surface area (Å²) < 4.78 is 5.88. The van der Waals surface area contributed by atoms with E-state index < -0.39 is 0 Å². The minimum absolute atomic E-state index is 0.169. The van der Waals surface area contributed by atoms with Crippen LogP contribution in [0.4, 0.5) is 5.69 Å². The minimum atomic E-state index is -0.213. The molecule has 0 atom stereocenters. The lowest BCUT2D eigenvalue weighted by molar-refractivity contribution is -0.115. The highest BCUT2D eigenvalue weighted by atomic mass is 79.9. The molecule has 0 aliphatic heterocycles. The van der Waals surface area contributed by atoms with Gasteiger partial charge in [0.1, 0.15) is 0 Å². The molecule has 0 heterocycles. The van der Waals surface area contributed by atoms with Crippen molar-refractivity contribution in [3.05, 3.63) is 64.1 Å². The third kappa shape index (κ3) is 6.32. The summed E-state index contributed by atoms with van der Waals surface area (Å²) in [5.41, 5.74) is 1.85. The highest BCUT2D eigenvalue weighted by Crippen LogP contribution is 2.16. The molecule has 132 valence electrons. The van der Waals surface area contributed by atoms with Crippen molar-refractivity contribution in [3.8, 4) is 0 Å². The standard InChI is InChI=1S/C19H21BrN2O3/c1-25-11-5-10-21-19(24)16-8-2-3-9-17(16)22-18(23)13-14-6-4-7-15(20)12-14/h2-4,6-9,12H,5,10-11,13H2,1H3,(H,21,24)(H,22,23). The number of para-hydroxylation sites is 1. The SMILES string of the molecule is COCCCNC(=O)c1ccccc1NC(=O)Cc1cccc(Br)c1. The molecule has 0 unspecified atom stereocenters. The summed E-state index contributed by atoms with van der Waals surface area (Å²) in [6.07, 6.45) is 0.975. The lowest BCUT2D eigenvalue weighted by Gasteiger charge is -2.11. The number of hydrogen-bond acceptors (Lipinski definition) is 3. The zero-order valence-electron chi connectivity index (χ0n) is 14.0. The molecule has 25 heavy (non-hydrogen) atoms. The lowest BCUT2D eigenvalue weighted by atomic mass is 10.1. The van der Waals surface area contributed by atoms with Crippen molar-refractivity contribution in [2.75, 3.05) is 25.6 Å². The molecule has 0 saturated carbocycles. The van der Waals surface area contributed by atoms with Crippen molar-refractivity contribution in [1.82, 2.24) is 5.32 Å². The van der Waals surface area contributed by atoms with E-state index in [1.165, 1.54) is 0 Å². The van der Waals surface area contributed by atoms with E-state index in [0.717, 1.165) is 16.5 Å². The number of anilines is 1. The summed E-state index contributed by atoms with van der Waals surface area (Å²) in [4.78, 5) is 24.6. The highest BCUT2D eigenvalue weighted by Gasteiger charge is 2.13. The maximum Gasteiger partial charge on any atom is 0.253 e. The number of rotatable bonds is 8. The maximum absolute atomic E-state index is 12.3. The Hall–Kier alpha value is -2.18. The third-order valence-electron chi connectivity index (χ3n) is 3.51. The fourth-order valence-corrected chi connectivity index (χ4v) is 2.78. The molecule has 0 aliphatic carbocycles. The van der Waals surface area contributed by atoms with Crippen LogP contribution in [0.3, 0.4) is 0 Å². The molecule has 0 saturated heterocycles. The van der Waals surface area contributed by atoms with Crippen molar-refractivity contribution in [3.63, 3.8) is 0 Å². The number of nitrogens with one attached hydrogen (secondary N) is 2. The zero-order valence-corrected chi connectivity index (χ0v) is 15.6. The molecule has 2 aromatic carbocycles. The van der Waals surface area contributed by atoms with Crippen LogP contribution in [-0.4, -0.2) is 32.1 Å². The summed E-state index contributed by atoms with van der Waals surface area (Å²) in [6, 6.07) is 14.6. The van der Waals surface area contributed by atoms with E-state index in [-0.39, 0.29) is 18.2 Å². The van der Waals surface area contributed by atoms with Crippen LogP contribution in [0.5, 0.6) is 0 Å². The molecule has 2 rings (SSSR count). The molecule has 2 amide bonds. The fraction of sp³-hybridized carbons (Fsp3) is 0.263. The average Bonchev–Trinajstić information content (AvgIpc) is 2.59. The molecule has 5 nitrogen and oxygen atoms in total. The van der Waals surface area contributed by atoms with Gasteiger partial charge in [0.2, 0.25) is 5.91 Å². The monoisotopic (exact) mass is 404 g/mol. The Morgan fingerprint density at radius 2 is 1.92 bits per heavy atom. The molecule has 2 N–H and O–H groups in total. The normalized spacial score (nSPS) is 10.3. The van der Waals surface area contributed by atoms with Crippen LogP contribution in [0.1, 0.15) is 22.3 Å². The van der Waals surface area contributed by atoms with Crippen molar-refractivity contribution < 1.29 is 14.3 Å². The molecular weight excluding hydrogens is 384 g/mol. The molecule has 0 aliphatic rings. The number of ether oxygens (including phenoxy) is 1. The topological polar surface area (TPSA) is 67.4 Å². The van der Waals surface area contributed by atoms with Gasteiger partial charge in [-0.3, -0.25) is 9.59 Å². The van der Waals surface area contributed by atoms with Gasteiger partial charge < -0.3 is 15.4 Å². The first-order valence-corrected chi connectivity index (χ1v) is 8.80. The van der Waals surface area contributed by atoms with Crippen molar-refractivity contribution in [1.29, 1.82) is 0 Å². The summed E-state index contributed by atoms with van der Waals surface area (Å²) in [5.74, 6) is -0.382. The molecule has 0 radical (unpaired) electrons. The quantitative estimate of drug-likeness (QED) is 0.662. The summed E-state index contributed by atoms with van der Waals surface area (Å²) in [7, 11) is 1.62. The Labute approximate surface area is 155 Å². The second-order valence-electron chi connectivity index (χ2n) is 5.50.